The number of benzene rings is 1. The van der Waals surface area contributed by atoms with Crippen LogP contribution in [-0.2, 0) is 10.0 Å². The van der Waals surface area contributed by atoms with Gasteiger partial charge in [0.05, 0.1) is 0 Å². The van der Waals surface area contributed by atoms with Gasteiger partial charge in [0.25, 0.3) is 0 Å². The average Bonchev–Trinajstić information content (AvgIpc) is 2.78. The van der Waals surface area contributed by atoms with Gasteiger partial charge in [-0.2, -0.15) is 4.31 Å². The van der Waals surface area contributed by atoms with Gasteiger partial charge in [0.15, 0.2) is 0 Å². The lowest BCUT2D eigenvalue weighted by molar-refractivity contribution is 0.215. The minimum absolute atomic E-state index is 0.166. The maximum atomic E-state index is 12.4. The number of piperazine rings is 1. The maximum Gasteiger partial charge on any atom is 0.236 e. The molecule has 2 fully saturated rings. The molecule has 4 nitrogen and oxygen atoms in total. The van der Waals surface area contributed by atoms with E-state index in [1.54, 1.807) is 10.4 Å². The highest BCUT2D eigenvalue weighted by molar-refractivity contribution is 7.92. The van der Waals surface area contributed by atoms with Crippen molar-refractivity contribution in [2.75, 3.05) is 26.2 Å². The fourth-order valence-corrected chi connectivity index (χ4v) is 4.22. The van der Waals surface area contributed by atoms with Gasteiger partial charge in [-0.25, -0.2) is 8.42 Å². The number of rotatable bonds is 3. The van der Waals surface area contributed by atoms with E-state index < -0.39 is 10.0 Å². The number of sulfonamides is 1. The molecule has 0 spiro atoms. The van der Waals surface area contributed by atoms with E-state index in [1.807, 2.05) is 30.3 Å². The highest BCUT2D eigenvalue weighted by Gasteiger charge is 2.37. The summed E-state index contributed by atoms with van der Waals surface area (Å²) in [4.78, 5) is 2.33. The summed E-state index contributed by atoms with van der Waals surface area (Å²) in [5.74, 6) is 0. The molecule has 1 aromatic carbocycles. The maximum absolute atomic E-state index is 12.4. The van der Waals surface area contributed by atoms with Crippen molar-refractivity contribution in [3.8, 4) is 0 Å². The van der Waals surface area contributed by atoms with E-state index in [9.17, 15) is 8.42 Å². The Hall–Kier alpha value is -1.17. The number of hydrogen-bond donors (Lipinski definition) is 0. The molecule has 2 saturated heterocycles. The van der Waals surface area contributed by atoms with Crippen LogP contribution in [0.5, 0.6) is 0 Å². The Morgan fingerprint density at radius 3 is 2.68 bits per heavy atom. The topological polar surface area (TPSA) is 40.6 Å². The van der Waals surface area contributed by atoms with Gasteiger partial charge in [-0.05, 0) is 24.6 Å². The van der Waals surface area contributed by atoms with Crippen molar-refractivity contribution in [3.63, 3.8) is 0 Å². The second kappa shape index (κ2) is 5.07. The molecule has 2 atom stereocenters. The summed E-state index contributed by atoms with van der Waals surface area (Å²) < 4.78 is 26.4. The molecule has 19 heavy (non-hydrogen) atoms. The zero-order valence-corrected chi connectivity index (χ0v) is 11.6. The van der Waals surface area contributed by atoms with Crippen molar-refractivity contribution in [1.29, 1.82) is 0 Å². The van der Waals surface area contributed by atoms with E-state index in [4.69, 9.17) is 0 Å². The normalized spacial score (nSPS) is 28.0. The summed E-state index contributed by atoms with van der Waals surface area (Å²) in [5, 5.41) is 1.34. The molecular formula is C14H18N2O2S. The average molecular weight is 278 g/mol. The van der Waals surface area contributed by atoms with Crippen molar-refractivity contribution < 1.29 is 8.42 Å². The zero-order valence-electron chi connectivity index (χ0n) is 10.8. The second-order valence-electron chi connectivity index (χ2n) is 5.11. The summed E-state index contributed by atoms with van der Waals surface area (Å²) in [5.41, 5.74) is 0.913. The van der Waals surface area contributed by atoms with E-state index >= 15 is 0 Å². The van der Waals surface area contributed by atoms with Crippen LogP contribution in [0.15, 0.2) is 35.7 Å². The van der Waals surface area contributed by atoms with Gasteiger partial charge in [0, 0.05) is 31.1 Å². The standard InChI is InChI=1S/C14H18N2O2S/c17-19(18,11-7-13-4-2-1-3-5-13)16-10-9-15-8-6-14(16)12-15/h1-5,7,11,14H,6,8-10,12H2. The fraction of sp³-hybridized carbons (Fsp3) is 0.429. The van der Waals surface area contributed by atoms with Gasteiger partial charge in [-0.1, -0.05) is 30.3 Å². The summed E-state index contributed by atoms with van der Waals surface area (Å²) in [6.45, 7) is 3.39. The molecule has 2 aliphatic heterocycles. The van der Waals surface area contributed by atoms with E-state index in [2.05, 4.69) is 4.90 Å². The lowest BCUT2D eigenvalue weighted by Crippen LogP contribution is -2.48. The van der Waals surface area contributed by atoms with E-state index in [1.165, 1.54) is 5.41 Å². The first kappa shape index (κ1) is 12.8. The lowest BCUT2D eigenvalue weighted by Gasteiger charge is -2.32. The molecule has 0 aromatic heterocycles. The summed E-state index contributed by atoms with van der Waals surface area (Å²) in [6, 6.07) is 9.70. The van der Waals surface area contributed by atoms with Crippen LogP contribution in [0, 0.1) is 0 Å². The third-order valence-electron chi connectivity index (χ3n) is 3.85. The van der Waals surface area contributed by atoms with Crippen LogP contribution < -0.4 is 0 Å². The van der Waals surface area contributed by atoms with Crippen LogP contribution in [0.1, 0.15) is 12.0 Å². The Kier molecular flexibility index (Phi) is 3.43. The zero-order chi connectivity index (χ0) is 13.3. The molecule has 0 aliphatic carbocycles. The SMILES string of the molecule is O=S(=O)(C=Cc1ccccc1)N1CCN2CCC1C2. The molecule has 5 heteroatoms. The molecule has 102 valence electrons. The Bertz CT molecular complexity index is 568. The largest absolute Gasteiger partial charge is 0.300 e. The Morgan fingerprint density at radius 1 is 1.11 bits per heavy atom. The van der Waals surface area contributed by atoms with Gasteiger partial charge in [0.1, 0.15) is 0 Å². The molecule has 1 aromatic rings. The van der Waals surface area contributed by atoms with E-state index in [0.29, 0.717) is 6.54 Å². The van der Waals surface area contributed by atoms with Gasteiger partial charge in [-0.15, -0.1) is 0 Å². The Morgan fingerprint density at radius 2 is 1.89 bits per heavy atom. The summed E-state index contributed by atoms with van der Waals surface area (Å²) in [7, 11) is -3.29. The van der Waals surface area contributed by atoms with Crippen molar-refractivity contribution in [2.45, 2.75) is 12.5 Å². The molecule has 0 saturated carbocycles. The van der Waals surface area contributed by atoms with Gasteiger partial charge in [-0.3, -0.25) is 0 Å². The van der Waals surface area contributed by atoms with Gasteiger partial charge < -0.3 is 4.90 Å². The van der Waals surface area contributed by atoms with Crippen LogP contribution >= 0.6 is 0 Å². The molecule has 2 bridgehead atoms. The first-order valence-electron chi connectivity index (χ1n) is 6.62. The van der Waals surface area contributed by atoms with Gasteiger partial charge in [0.2, 0.25) is 10.0 Å². The molecule has 3 rings (SSSR count). The lowest BCUT2D eigenvalue weighted by atomic mass is 10.2. The third-order valence-corrected chi connectivity index (χ3v) is 5.46. The third kappa shape index (κ3) is 2.73. The highest BCUT2D eigenvalue weighted by Crippen LogP contribution is 2.24. The summed E-state index contributed by atoms with van der Waals surface area (Å²) >= 11 is 0. The predicted octanol–water partition coefficient (Wildman–Crippen LogP) is 1.38. The Labute approximate surface area is 114 Å². The number of fused-ring (bicyclic) bond motifs is 2. The number of nitrogens with zero attached hydrogens (tertiary/aromatic N) is 2. The van der Waals surface area contributed by atoms with E-state index in [0.717, 1.165) is 31.6 Å². The number of hydrogen-bond acceptors (Lipinski definition) is 3. The first-order valence-corrected chi connectivity index (χ1v) is 8.13. The Balaban J connectivity index is 1.77. The molecule has 0 radical (unpaired) electrons. The van der Waals surface area contributed by atoms with Crippen LogP contribution in [0.4, 0.5) is 0 Å². The molecular weight excluding hydrogens is 260 g/mol. The smallest absolute Gasteiger partial charge is 0.236 e. The van der Waals surface area contributed by atoms with Crippen LogP contribution in [-0.4, -0.2) is 49.8 Å². The van der Waals surface area contributed by atoms with Crippen LogP contribution in [0.2, 0.25) is 0 Å². The quantitative estimate of drug-likeness (QED) is 0.838. The van der Waals surface area contributed by atoms with Crippen molar-refractivity contribution in [2.24, 2.45) is 0 Å². The van der Waals surface area contributed by atoms with E-state index in [-0.39, 0.29) is 6.04 Å². The van der Waals surface area contributed by atoms with Crippen molar-refractivity contribution in [3.05, 3.63) is 41.3 Å². The summed E-state index contributed by atoms with van der Waals surface area (Å²) in [6.07, 6.45) is 2.63. The second-order valence-corrected chi connectivity index (χ2v) is 6.88. The van der Waals surface area contributed by atoms with Crippen LogP contribution in [0.3, 0.4) is 0 Å². The van der Waals surface area contributed by atoms with Crippen molar-refractivity contribution >= 4 is 16.1 Å². The molecule has 2 aliphatic rings. The molecule has 2 heterocycles. The first-order chi connectivity index (χ1) is 9.15. The molecule has 0 N–H and O–H groups in total. The van der Waals surface area contributed by atoms with Crippen molar-refractivity contribution in [1.82, 2.24) is 9.21 Å². The fourth-order valence-electron chi connectivity index (χ4n) is 2.81. The van der Waals surface area contributed by atoms with Crippen LogP contribution in [0.25, 0.3) is 6.08 Å². The minimum Gasteiger partial charge on any atom is -0.300 e. The molecule has 2 unspecified atom stereocenters. The predicted molar refractivity (Wildman–Crippen MR) is 75.9 cm³/mol. The monoisotopic (exact) mass is 278 g/mol. The minimum atomic E-state index is -3.29. The molecule has 0 amide bonds. The van der Waals surface area contributed by atoms with Gasteiger partial charge >= 0.3 is 0 Å². The highest BCUT2D eigenvalue weighted by atomic mass is 32.2.